The van der Waals surface area contributed by atoms with Crippen LogP contribution in [-0.2, 0) is 0 Å². The molecule has 2 N–H and O–H groups in total. The normalized spacial score (nSPS) is 19.4. The maximum atomic E-state index is 13.7. The lowest BCUT2D eigenvalue weighted by Crippen LogP contribution is -2.34. The van der Waals surface area contributed by atoms with Gasteiger partial charge in [-0.05, 0) is 85.7 Å². The van der Waals surface area contributed by atoms with Gasteiger partial charge < -0.3 is 10.6 Å². The smallest absolute Gasteiger partial charge is 0.123 e. The average Bonchev–Trinajstić information content (AvgIpc) is 2.70. The molecular formula is C23H23ClFN3. The summed E-state index contributed by atoms with van der Waals surface area (Å²) in [6, 6.07) is 14.8. The zero-order chi connectivity index (χ0) is 19.5. The molecule has 0 unspecified atom stereocenters. The first-order valence-electron chi connectivity index (χ1n) is 9.61. The summed E-state index contributed by atoms with van der Waals surface area (Å²) in [5.74, 6) is 1.02. The summed E-state index contributed by atoms with van der Waals surface area (Å²) in [6.45, 7) is 4.09. The van der Waals surface area contributed by atoms with E-state index in [0.717, 1.165) is 48.1 Å². The first kappa shape index (κ1) is 18.8. The molecule has 1 fully saturated rings. The van der Waals surface area contributed by atoms with Crippen LogP contribution in [0, 0.1) is 5.82 Å². The molecule has 3 aromatic rings. The molecule has 0 radical (unpaired) electrons. The minimum Gasteiger partial charge on any atom is -0.369 e. The Kier molecular flexibility index (Phi) is 5.49. The van der Waals surface area contributed by atoms with Crippen LogP contribution in [0.4, 0.5) is 10.1 Å². The number of pyridine rings is 1. The average molecular weight is 396 g/mol. The maximum Gasteiger partial charge on any atom is 0.123 e. The van der Waals surface area contributed by atoms with Gasteiger partial charge in [0.2, 0.25) is 0 Å². The van der Waals surface area contributed by atoms with Crippen molar-refractivity contribution in [3.05, 3.63) is 83.5 Å². The SMILES string of the molecule is C=C(Nc1ccc(Cl)cc1)NC1CCC(c2ccnc3ccc(F)cc23)CC1. The summed E-state index contributed by atoms with van der Waals surface area (Å²) in [5.41, 5.74) is 3.03. The molecule has 0 spiro atoms. The second-order valence-electron chi connectivity index (χ2n) is 7.36. The van der Waals surface area contributed by atoms with Crippen molar-refractivity contribution in [1.29, 1.82) is 0 Å². The van der Waals surface area contributed by atoms with Gasteiger partial charge in [0.15, 0.2) is 0 Å². The Morgan fingerprint density at radius 3 is 2.54 bits per heavy atom. The van der Waals surface area contributed by atoms with Crippen LogP contribution >= 0.6 is 11.6 Å². The number of rotatable bonds is 5. The van der Waals surface area contributed by atoms with Gasteiger partial charge in [-0.3, -0.25) is 4.98 Å². The van der Waals surface area contributed by atoms with Crippen molar-refractivity contribution in [2.75, 3.05) is 5.32 Å². The highest BCUT2D eigenvalue weighted by Crippen LogP contribution is 2.36. The lowest BCUT2D eigenvalue weighted by molar-refractivity contribution is 0.362. The Bertz CT molecular complexity index is 979. The number of nitrogens with zero attached hydrogens (tertiary/aromatic N) is 1. The lowest BCUT2D eigenvalue weighted by atomic mass is 9.80. The number of aromatic nitrogens is 1. The Hall–Kier alpha value is -2.59. The number of halogens is 2. The van der Waals surface area contributed by atoms with Crippen molar-refractivity contribution in [3.63, 3.8) is 0 Å². The molecule has 1 aliphatic carbocycles. The fourth-order valence-electron chi connectivity index (χ4n) is 4.03. The summed E-state index contributed by atoms with van der Waals surface area (Å²) >= 11 is 5.92. The van der Waals surface area contributed by atoms with Gasteiger partial charge >= 0.3 is 0 Å². The zero-order valence-corrected chi connectivity index (χ0v) is 16.3. The fraction of sp³-hybridized carbons (Fsp3) is 0.261. The minimum atomic E-state index is -0.207. The molecule has 1 aromatic heterocycles. The zero-order valence-electron chi connectivity index (χ0n) is 15.6. The summed E-state index contributed by atoms with van der Waals surface area (Å²) in [5, 5.41) is 8.42. The molecule has 144 valence electrons. The molecule has 1 heterocycles. The van der Waals surface area contributed by atoms with Crippen LogP contribution in [-0.4, -0.2) is 11.0 Å². The molecule has 0 saturated heterocycles. The van der Waals surface area contributed by atoms with E-state index in [4.69, 9.17) is 11.6 Å². The molecule has 28 heavy (non-hydrogen) atoms. The summed E-state index contributed by atoms with van der Waals surface area (Å²) in [6.07, 6.45) is 6.04. The Morgan fingerprint density at radius 1 is 1.04 bits per heavy atom. The first-order chi connectivity index (χ1) is 13.6. The number of hydrogen-bond donors (Lipinski definition) is 2. The van der Waals surface area contributed by atoms with Crippen LogP contribution in [0.25, 0.3) is 10.9 Å². The summed E-state index contributed by atoms with van der Waals surface area (Å²) in [4.78, 5) is 4.37. The van der Waals surface area contributed by atoms with Crippen molar-refractivity contribution in [1.82, 2.24) is 10.3 Å². The number of anilines is 1. The van der Waals surface area contributed by atoms with E-state index in [-0.39, 0.29) is 5.82 Å². The van der Waals surface area contributed by atoms with Gasteiger partial charge in [0, 0.05) is 28.3 Å². The number of fused-ring (bicyclic) bond motifs is 1. The summed E-state index contributed by atoms with van der Waals surface area (Å²) < 4.78 is 13.7. The lowest BCUT2D eigenvalue weighted by Gasteiger charge is -2.31. The third kappa shape index (κ3) is 4.28. The topological polar surface area (TPSA) is 37.0 Å². The van der Waals surface area contributed by atoms with Crippen LogP contribution in [0.2, 0.25) is 5.02 Å². The molecule has 5 heteroatoms. The van der Waals surface area contributed by atoms with E-state index >= 15 is 0 Å². The van der Waals surface area contributed by atoms with E-state index in [2.05, 4.69) is 22.2 Å². The number of benzene rings is 2. The predicted octanol–water partition coefficient (Wildman–Crippen LogP) is 6.23. The molecule has 0 atom stereocenters. The molecule has 0 amide bonds. The van der Waals surface area contributed by atoms with Crippen LogP contribution in [0.3, 0.4) is 0 Å². The van der Waals surface area contributed by atoms with Gasteiger partial charge in [-0.1, -0.05) is 18.2 Å². The van der Waals surface area contributed by atoms with E-state index in [9.17, 15) is 4.39 Å². The first-order valence-corrected chi connectivity index (χ1v) is 9.98. The molecular weight excluding hydrogens is 373 g/mol. The Labute approximate surface area is 169 Å². The monoisotopic (exact) mass is 395 g/mol. The van der Waals surface area contributed by atoms with Gasteiger partial charge in [0.05, 0.1) is 11.3 Å². The van der Waals surface area contributed by atoms with Crippen LogP contribution in [0.15, 0.2) is 67.1 Å². The van der Waals surface area contributed by atoms with Gasteiger partial charge in [-0.25, -0.2) is 4.39 Å². The van der Waals surface area contributed by atoms with Crippen LogP contribution < -0.4 is 10.6 Å². The molecule has 0 aliphatic heterocycles. The highest BCUT2D eigenvalue weighted by molar-refractivity contribution is 6.30. The second-order valence-corrected chi connectivity index (χ2v) is 7.80. The Balaban J connectivity index is 1.36. The van der Waals surface area contributed by atoms with Gasteiger partial charge in [0.25, 0.3) is 0 Å². The van der Waals surface area contributed by atoms with E-state index in [0.29, 0.717) is 17.0 Å². The molecule has 2 aromatic carbocycles. The number of nitrogens with one attached hydrogen (secondary N) is 2. The molecule has 1 saturated carbocycles. The predicted molar refractivity (Wildman–Crippen MR) is 114 cm³/mol. The van der Waals surface area contributed by atoms with Gasteiger partial charge in [0.1, 0.15) is 5.82 Å². The summed E-state index contributed by atoms with van der Waals surface area (Å²) in [7, 11) is 0. The standard InChI is InChI=1S/C23H23ClFN3/c1-15(28-20-9-4-17(24)5-10-20)27-19-7-2-16(3-8-19)21-12-13-26-23-11-6-18(25)14-22(21)23/h4-6,9-14,16,19,27-28H,1-3,7-8H2. The van der Waals surface area contributed by atoms with E-state index in [1.165, 1.54) is 11.6 Å². The third-order valence-corrected chi connectivity index (χ3v) is 5.67. The van der Waals surface area contributed by atoms with Crippen LogP contribution in [0.5, 0.6) is 0 Å². The van der Waals surface area contributed by atoms with Crippen molar-refractivity contribution in [2.24, 2.45) is 0 Å². The molecule has 1 aliphatic rings. The molecule has 4 rings (SSSR count). The highest BCUT2D eigenvalue weighted by Gasteiger charge is 2.24. The molecule has 0 bridgehead atoms. The van der Waals surface area contributed by atoms with E-state index in [1.54, 1.807) is 12.1 Å². The largest absolute Gasteiger partial charge is 0.369 e. The van der Waals surface area contributed by atoms with E-state index < -0.39 is 0 Å². The third-order valence-electron chi connectivity index (χ3n) is 5.42. The maximum absolute atomic E-state index is 13.7. The fourth-order valence-corrected chi connectivity index (χ4v) is 4.16. The Morgan fingerprint density at radius 2 is 1.79 bits per heavy atom. The van der Waals surface area contributed by atoms with Gasteiger partial charge in [-0.15, -0.1) is 0 Å². The minimum absolute atomic E-state index is 0.207. The van der Waals surface area contributed by atoms with Crippen molar-refractivity contribution in [3.8, 4) is 0 Å². The molecule has 3 nitrogen and oxygen atoms in total. The van der Waals surface area contributed by atoms with Crippen LogP contribution in [0.1, 0.15) is 37.2 Å². The highest BCUT2D eigenvalue weighted by atomic mass is 35.5. The van der Waals surface area contributed by atoms with E-state index in [1.807, 2.05) is 36.5 Å². The van der Waals surface area contributed by atoms with Crippen molar-refractivity contribution < 1.29 is 4.39 Å². The van der Waals surface area contributed by atoms with Gasteiger partial charge in [-0.2, -0.15) is 0 Å². The second kappa shape index (κ2) is 8.19. The van der Waals surface area contributed by atoms with Crippen molar-refractivity contribution in [2.45, 2.75) is 37.6 Å². The quantitative estimate of drug-likeness (QED) is 0.538. The number of hydrogen-bond acceptors (Lipinski definition) is 3. The van der Waals surface area contributed by atoms with Crippen molar-refractivity contribution >= 4 is 28.2 Å².